The number of aliphatic imine (C=N–C) groups is 1. The van der Waals surface area contributed by atoms with Crippen molar-refractivity contribution < 1.29 is 19.1 Å². The summed E-state index contributed by atoms with van der Waals surface area (Å²) < 4.78 is 5.88. The fourth-order valence-corrected chi connectivity index (χ4v) is 5.48. The van der Waals surface area contributed by atoms with Crippen LogP contribution in [0.4, 0.5) is 0 Å². The maximum absolute atomic E-state index is 13.9. The van der Waals surface area contributed by atoms with E-state index in [1.807, 2.05) is 42.5 Å². The van der Waals surface area contributed by atoms with Crippen molar-refractivity contribution in [3.05, 3.63) is 71.3 Å². The lowest BCUT2D eigenvalue weighted by Gasteiger charge is -2.31. The second-order valence-electron chi connectivity index (χ2n) is 11.3. The zero-order valence-corrected chi connectivity index (χ0v) is 25.2. The van der Waals surface area contributed by atoms with Crippen LogP contribution in [0, 0.1) is 17.2 Å². The molecule has 238 valence electrons. The minimum absolute atomic E-state index is 0.0204. The Morgan fingerprint density at radius 2 is 1.52 bits per heavy atom. The number of benzene rings is 2. The van der Waals surface area contributed by atoms with Gasteiger partial charge in [-0.15, -0.1) is 0 Å². The van der Waals surface area contributed by atoms with E-state index in [2.05, 4.69) is 15.6 Å². The Morgan fingerprint density at radius 3 is 2.14 bits per heavy atom. The number of amides is 3. The minimum atomic E-state index is -1.06. The Hall–Kier alpha value is -4.45. The largest absolute Gasteiger partial charge is 0.384 e. The van der Waals surface area contributed by atoms with Gasteiger partial charge in [-0.1, -0.05) is 73.9 Å². The Morgan fingerprint density at radius 1 is 0.864 bits per heavy atom. The number of rotatable bonds is 17. The maximum Gasteiger partial charge on any atom is 0.245 e. The van der Waals surface area contributed by atoms with Crippen LogP contribution in [0.2, 0.25) is 0 Å². The maximum atomic E-state index is 13.9. The van der Waals surface area contributed by atoms with Crippen molar-refractivity contribution in [2.75, 3.05) is 13.2 Å². The second kappa shape index (κ2) is 17.6. The molecular formula is C32H46N8O4. The SMILES string of the molecule is N=C(N)c1ccc(CC(C(=O)N[C@@H](COCc2ccccc2)C(=O)N[C@@H](CCCN=C(N)N)C(N)=O)C2CCCCC2)cc1. The van der Waals surface area contributed by atoms with Crippen LogP contribution in [0.1, 0.15) is 61.6 Å². The third kappa shape index (κ3) is 11.3. The van der Waals surface area contributed by atoms with E-state index in [9.17, 15) is 14.4 Å². The van der Waals surface area contributed by atoms with E-state index in [0.717, 1.165) is 43.2 Å². The highest BCUT2D eigenvalue weighted by Crippen LogP contribution is 2.32. The van der Waals surface area contributed by atoms with Crippen molar-refractivity contribution in [1.29, 1.82) is 5.41 Å². The third-order valence-electron chi connectivity index (χ3n) is 7.91. The van der Waals surface area contributed by atoms with E-state index < -0.39 is 23.9 Å². The molecule has 1 saturated carbocycles. The molecule has 11 N–H and O–H groups in total. The summed E-state index contributed by atoms with van der Waals surface area (Å²) >= 11 is 0. The van der Waals surface area contributed by atoms with Gasteiger partial charge in [-0.25, -0.2) is 0 Å². The predicted octanol–water partition coefficient (Wildman–Crippen LogP) is 1.43. The summed E-state index contributed by atoms with van der Waals surface area (Å²) in [5.41, 5.74) is 24.4. The number of primary amides is 1. The van der Waals surface area contributed by atoms with Gasteiger partial charge in [0, 0.05) is 18.0 Å². The number of guanidine groups is 1. The lowest BCUT2D eigenvalue weighted by molar-refractivity contribution is -0.135. The third-order valence-corrected chi connectivity index (χ3v) is 7.91. The lowest BCUT2D eigenvalue weighted by atomic mass is 9.76. The molecule has 1 unspecified atom stereocenters. The van der Waals surface area contributed by atoms with Crippen LogP contribution in [-0.4, -0.2) is 54.8 Å². The highest BCUT2D eigenvalue weighted by atomic mass is 16.5. The molecule has 3 amide bonds. The van der Waals surface area contributed by atoms with Crippen molar-refractivity contribution in [3.8, 4) is 0 Å². The normalized spacial score (nSPS) is 15.4. The molecule has 44 heavy (non-hydrogen) atoms. The first-order valence-electron chi connectivity index (χ1n) is 15.1. The van der Waals surface area contributed by atoms with Gasteiger partial charge in [-0.2, -0.15) is 0 Å². The number of amidine groups is 1. The molecule has 0 saturated heterocycles. The van der Waals surface area contributed by atoms with Crippen LogP contribution in [0.15, 0.2) is 59.6 Å². The number of carbonyl (C=O) groups is 3. The first-order chi connectivity index (χ1) is 21.1. The number of nitrogens with two attached hydrogens (primary N) is 4. The monoisotopic (exact) mass is 606 g/mol. The van der Waals surface area contributed by atoms with Crippen LogP contribution in [0.3, 0.4) is 0 Å². The Balaban J connectivity index is 1.77. The number of nitrogens with one attached hydrogen (secondary N) is 3. The molecule has 12 nitrogen and oxygen atoms in total. The van der Waals surface area contributed by atoms with Gasteiger partial charge in [0.05, 0.1) is 13.2 Å². The van der Waals surface area contributed by atoms with Crippen molar-refractivity contribution in [1.82, 2.24) is 10.6 Å². The molecule has 1 fully saturated rings. The van der Waals surface area contributed by atoms with E-state index in [1.54, 1.807) is 12.1 Å². The summed E-state index contributed by atoms with van der Waals surface area (Å²) in [6.07, 6.45) is 6.18. The standard InChI is InChI=1S/C32H46N8O4/c33-28(34)24-15-13-21(14-16-24)18-25(23-10-5-2-6-11-23)30(42)40-27(20-44-19-22-8-3-1-4-9-22)31(43)39-26(29(35)41)12-7-17-38-32(36)37/h1,3-4,8-9,13-16,23,25-27H,2,5-7,10-12,17-20H2,(H3,33,34)(H2,35,41)(H,39,43)(H,40,42)(H4,36,37,38)/t25?,26-,27-/m0/s1. The molecule has 1 aliphatic rings. The summed E-state index contributed by atoms with van der Waals surface area (Å²) in [6.45, 7) is 0.419. The van der Waals surface area contributed by atoms with E-state index in [-0.39, 0.29) is 55.7 Å². The number of nitrogens with zero attached hydrogens (tertiary/aromatic N) is 1. The molecule has 3 rings (SSSR count). The minimum Gasteiger partial charge on any atom is -0.384 e. The number of hydrogen-bond donors (Lipinski definition) is 7. The number of carbonyl (C=O) groups excluding carboxylic acids is 3. The predicted molar refractivity (Wildman–Crippen MR) is 170 cm³/mol. The van der Waals surface area contributed by atoms with Gasteiger partial charge in [-0.05, 0) is 49.1 Å². The lowest BCUT2D eigenvalue weighted by Crippen LogP contribution is -2.56. The fraction of sp³-hybridized carbons (Fsp3) is 0.469. The molecule has 3 atom stereocenters. The molecule has 2 aromatic rings. The smallest absolute Gasteiger partial charge is 0.245 e. The Kier molecular flexibility index (Phi) is 13.6. The molecule has 0 spiro atoms. The Bertz CT molecular complexity index is 1260. The highest BCUT2D eigenvalue weighted by Gasteiger charge is 2.33. The van der Waals surface area contributed by atoms with Gasteiger partial charge in [-0.3, -0.25) is 24.8 Å². The molecule has 12 heteroatoms. The molecule has 1 aliphatic carbocycles. The molecule has 0 aromatic heterocycles. The van der Waals surface area contributed by atoms with Crippen molar-refractivity contribution in [2.45, 2.75) is 70.1 Å². The van der Waals surface area contributed by atoms with Gasteiger partial charge >= 0.3 is 0 Å². The topological polar surface area (TPSA) is 225 Å². The van der Waals surface area contributed by atoms with Crippen LogP contribution in [0.5, 0.6) is 0 Å². The van der Waals surface area contributed by atoms with E-state index in [4.69, 9.17) is 33.1 Å². The Labute approximate surface area is 258 Å². The van der Waals surface area contributed by atoms with E-state index >= 15 is 0 Å². The number of hydrogen-bond acceptors (Lipinski definition) is 6. The zero-order chi connectivity index (χ0) is 31.9. The van der Waals surface area contributed by atoms with Crippen molar-refractivity contribution in [2.24, 2.45) is 39.8 Å². The fourth-order valence-electron chi connectivity index (χ4n) is 5.48. The number of nitrogen functional groups attached to an aromatic ring is 1. The molecule has 0 bridgehead atoms. The summed E-state index contributed by atoms with van der Waals surface area (Å²) in [7, 11) is 0. The highest BCUT2D eigenvalue weighted by molar-refractivity contribution is 5.95. The molecule has 0 radical (unpaired) electrons. The van der Waals surface area contributed by atoms with Crippen LogP contribution in [-0.2, 0) is 32.1 Å². The van der Waals surface area contributed by atoms with Gasteiger partial charge in [0.2, 0.25) is 17.7 Å². The van der Waals surface area contributed by atoms with Crippen LogP contribution < -0.4 is 33.6 Å². The number of ether oxygens (including phenoxy) is 1. The average molecular weight is 607 g/mol. The molecular weight excluding hydrogens is 560 g/mol. The summed E-state index contributed by atoms with van der Waals surface area (Å²) in [4.78, 5) is 43.5. The van der Waals surface area contributed by atoms with Gasteiger partial charge < -0.3 is 38.3 Å². The molecule has 0 aliphatic heterocycles. The van der Waals surface area contributed by atoms with Gasteiger partial charge in [0.1, 0.15) is 17.9 Å². The van der Waals surface area contributed by atoms with Crippen LogP contribution in [0.25, 0.3) is 0 Å². The van der Waals surface area contributed by atoms with Gasteiger partial charge in [0.25, 0.3) is 0 Å². The quantitative estimate of drug-likeness (QED) is 0.0796. The summed E-state index contributed by atoms with van der Waals surface area (Å²) in [6, 6.07) is 14.8. The zero-order valence-electron chi connectivity index (χ0n) is 25.2. The van der Waals surface area contributed by atoms with E-state index in [0.29, 0.717) is 18.4 Å². The van der Waals surface area contributed by atoms with Crippen molar-refractivity contribution >= 4 is 29.5 Å². The summed E-state index contributed by atoms with van der Waals surface area (Å²) in [5.74, 6) is -1.83. The first kappa shape index (κ1) is 34.0. The first-order valence-corrected chi connectivity index (χ1v) is 15.1. The van der Waals surface area contributed by atoms with E-state index in [1.165, 1.54) is 0 Å². The average Bonchev–Trinajstić information content (AvgIpc) is 3.01. The molecule has 2 aromatic carbocycles. The van der Waals surface area contributed by atoms with Crippen LogP contribution >= 0.6 is 0 Å². The van der Waals surface area contributed by atoms with Crippen molar-refractivity contribution in [3.63, 3.8) is 0 Å². The molecule has 0 heterocycles. The van der Waals surface area contributed by atoms with Gasteiger partial charge in [0.15, 0.2) is 5.96 Å². The second-order valence-corrected chi connectivity index (χ2v) is 11.3. The summed E-state index contributed by atoms with van der Waals surface area (Å²) in [5, 5.41) is 13.3.